The molecule has 0 bridgehead atoms. The van der Waals surface area contributed by atoms with Crippen molar-refractivity contribution >= 4 is 40.1 Å². The summed E-state index contributed by atoms with van der Waals surface area (Å²) in [6.07, 6.45) is 4.68. The first-order valence-electron chi connectivity index (χ1n) is 9.32. The zero-order valence-electron chi connectivity index (χ0n) is 15.7. The van der Waals surface area contributed by atoms with Gasteiger partial charge in [0.2, 0.25) is 6.41 Å². The van der Waals surface area contributed by atoms with Crippen LogP contribution >= 0.6 is 0 Å². The molecule has 2 N–H and O–H groups in total. The van der Waals surface area contributed by atoms with Gasteiger partial charge >= 0.3 is 0 Å². The minimum atomic E-state index is -0.218. The fraction of sp³-hybridized carbons (Fsp3) is 0.136. The maximum atomic E-state index is 13.2. The summed E-state index contributed by atoms with van der Waals surface area (Å²) in [6, 6.07) is 11.0. The molecule has 2 aromatic heterocycles. The quantitative estimate of drug-likeness (QED) is 0.529. The van der Waals surface area contributed by atoms with Crippen LogP contribution in [0.3, 0.4) is 0 Å². The number of benzene rings is 2. The predicted molar refractivity (Wildman–Crippen MR) is 111 cm³/mol. The number of imidazole rings is 1. The molecule has 0 aliphatic carbocycles. The fourth-order valence-corrected chi connectivity index (χ4v) is 4.14. The van der Waals surface area contributed by atoms with Crippen LogP contribution in [0.25, 0.3) is 16.4 Å². The molecule has 0 radical (unpaired) electrons. The van der Waals surface area contributed by atoms with Crippen LogP contribution in [0, 0.1) is 6.92 Å². The number of hydrogen-bond acceptors (Lipinski definition) is 4. The van der Waals surface area contributed by atoms with Crippen molar-refractivity contribution in [1.29, 1.82) is 0 Å². The molecular formula is C22H18N4O3. The van der Waals surface area contributed by atoms with E-state index in [4.69, 9.17) is 0 Å². The van der Waals surface area contributed by atoms with Gasteiger partial charge in [-0.05, 0) is 42.0 Å². The largest absolute Gasteiger partial charge is 0.507 e. The third-order valence-electron chi connectivity index (χ3n) is 5.45. The Morgan fingerprint density at radius 2 is 2.10 bits per heavy atom. The van der Waals surface area contributed by atoms with Crippen molar-refractivity contribution in [3.05, 3.63) is 65.6 Å². The average molecular weight is 386 g/mol. The normalized spacial score (nSPS) is 13.1. The van der Waals surface area contributed by atoms with Crippen molar-refractivity contribution in [3.63, 3.8) is 0 Å². The summed E-state index contributed by atoms with van der Waals surface area (Å²) in [7, 11) is 0. The number of aromatic hydroxyl groups is 1. The van der Waals surface area contributed by atoms with Crippen LogP contribution in [0.2, 0.25) is 0 Å². The highest BCUT2D eigenvalue weighted by Crippen LogP contribution is 2.41. The van der Waals surface area contributed by atoms with E-state index < -0.39 is 0 Å². The van der Waals surface area contributed by atoms with E-state index in [1.807, 2.05) is 25.1 Å². The van der Waals surface area contributed by atoms with Crippen LogP contribution in [0.5, 0.6) is 5.75 Å². The summed E-state index contributed by atoms with van der Waals surface area (Å²) in [4.78, 5) is 30.0. The average Bonchev–Trinajstić information content (AvgIpc) is 3.32. The van der Waals surface area contributed by atoms with Crippen LogP contribution in [0.4, 0.5) is 11.4 Å². The Bertz CT molecular complexity index is 1310. The maximum Gasteiger partial charge on any atom is 0.278 e. The minimum Gasteiger partial charge on any atom is -0.507 e. The molecule has 7 heteroatoms. The van der Waals surface area contributed by atoms with E-state index in [1.165, 1.54) is 0 Å². The first-order valence-corrected chi connectivity index (χ1v) is 9.32. The van der Waals surface area contributed by atoms with Gasteiger partial charge in [-0.15, -0.1) is 0 Å². The van der Waals surface area contributed by atoms with E-state index >= 15 is 0 Å². The number of pyridine rings is 1. The first kappa shape index (κ1) is 17.2. The number of carbonyl (C=O) groups excluding carboxylic acids is 2. The number of hydrogen-bond donors (Lipinski definition) is 2. The van der Waals surface area contributed by atoms with Crippen LogP contribution in [-0.4, -0.2) is 33.4 Å². The van der Waals surface area contributed by atoms with Gasteiger partial charge in [-0.1, -0.05) is 18.2 Å². The molecule has 2 amide bonds. The number of phenols is 1. The summed E-state index contributed by atoms with van der Waals surface area (Å²) in [5.41, 5.74) is 4.42. The summed E-state index contributed by atoms with van der Waals surface area (Å²) < 4.78 is 1.71. The third kappa shape index (κ3) is 2.62. The van der Waals surface area contributed by atoms with Gasteiger partial charge in [-0.2, -0.15) is 0 Å². The maximum absolute atomic E-state index is 13.2. The second kappa shape index (κ2) is 6.34. The molecule has 29 heavy (non-hydrogen) atoms. The van der Waals surface area contributed by atoms with Gasteiger partial charge in [0, 0.05) is 30.4 Å². The SMILES string of the molecule is Cc1cccc2c(O)cc3c(c12)CCN3C(=O)c1cn2cc(NC=O)ccc2n1. The first-order chi connectivity index (χ1) is 14.1. The van der Waals surface area contributed by atoms with Gasteiger partial charge in [0.1, 0.15) is 17.1 Å². The lowest BCUT2D eigenvalue weighted by Gasteiger charge is -2.17. The molecule has 4 aromatic rings. The summed E-state index contributed by atoms with van der Waals surface area (Å²) in [5.74, 6) is -0.0496. The second-order valence-electron chi connectivity index (χ2n) is 7.17. The highest BCUT2D eigenvalue weighted by molar-refractivity contribution is 6.09. The molecule has 0 atom stereocenters. The number of rotatable bonds is 3. The Hall–Kier alpha value is -3.87. The molecule has 2 aromatic carbocycles. The molecule has 0 spiro atoms. The number of amides is 2. The van der Waals surface area contributed by atoms with Gasteiger partial charge in [0.25, 0.3) is 5.91 Å². The van der Waals surface area contributed by atoms with Gasteiger partial charge in [-0.3, -0.25) is 9.59 Å². The number of nitrogens with one attached hydrogen (secondary N) is 1. The number of nitrogens with zero attached hydrogens (tertiary/aromatic N) is 3. The Morgan fingerprint density at radius 1 is 1.24 bits per heavy atom. The Balaban J connectivity index is 1.58. The Morgan fingerprint density at radius 3 is 2.93 bits per heavy atom. The summed E-state index contributed by atoms with van der Waals surface area (Å²) >= 11 is 0. The van der Waals surface area contributed by atoms with Gasteiger partial charge in [-0.25, -0.2) is 4.98 Å². The lowest BCUT2D eigenvalue weighted by atomic mass is 9.97. The smallest absolute Gasteiger partial charge is 0.278 e. The van der Waals surface area contributed by atoms with Crippen molar-refractivity contribution in [2.24, 2.45) is 0 Å². The molecule has 0 saturated carbocycles. The summed E-state index contributed by atoms with van der Waals surface area (Å²) in [5, 5.41) is 14.9. The molecule has 1 aliphatic rings. The topological polar surface area (TPSA) is 86.9 Å². The van der Waals surface area contributed by atoms with E-state index in [9.17, 15) is 14.7 Å². The van der Waals surface area contributed by atoms with Gasteiger partial charge in [0.05, 0.1) is 11.4 Å². The second-order valence-corrected chi connectivity index (χ2v) is 7.17. The molecule has 0 fully saturated rings. The van der Waals surface area contributed by atoms with Crippen molar-refractivity contribution in [1.82, 2.24) is 9.38 Å². The highest BCUT2D eigenvalue weighted by Gasteiger charge is 2.30. The van der Waals surface area contributed by atoms with Crippen LogP contribution < -0.4 is 10.2 Å². The minimum absolute atomic E-state index is 0.168. The predicted octanol–water partition coefficient (Wildman–Crippen LogP) is 3.27. The van der Waals surface area contributed by atoms with Crippen molar-refractivity contribution in [3.8, 4) is 5.75 Å². The monoisotopic (exact) mass is 386 g/mol. The lowest BCUT2D eigenvalue weighted by molar-refractivity contribution is -0.105. The van der Waals surface area contributed by atoms with Crippen LogP contribution in [0.1, 0.15) is 21.6 Å². The number of carbonyl (C=O) groups is 2. The van der Waals surface area contributed by atoms with E-state index in [1.54, 1.807) is 39.9 Å². The molecule has 3 heterocycles. The summed E-state index contributed by atoms with van der Waals surface area (Å²) in [6.45, 7) is 2.55. The Kier molecular flexibility index (Phi) is 3.77. The molecule has 0 saturated heterocycles. The van der Waals surface area contributed by atoms with Gasteiger partial charge in [0.15, 0.2) is 0 Å². The van der Waals surface area contributed by atoms with Crippen molar-refractivity contribution in [2.75, 3.05) is 16.8 Å². The molecule has 1 aliphatic heterocycles. The molecular weight excluding hydrogens is 368 g/mol. The third-order valence-corrected chi connectivity index (χ3v) is 5.45. The molecule has 7 nitrogen and oxygen atoms in total. The molecule has 0 unspecified atom stereocenters. The van der Waals surface area contributed by atoms with Crippen molar-refractivity contribution < 1.29 is 14.7 Å². The van der Waals surface area contributed by atoms with E-state index in [-0.39, 0.29) is 11.7 Å². The highest BCUT2D eigenvalue weighted by atomic mass is 16.3. The number of phenolic OH excluding ortho intramolecular Hbond substituents is 1. The molecule has 144 valence electrons. The lowest BCUT2D eigenvalue weighted by Crippen LogP contribution is -2.29. The number of fused-ring (bicyclic) bond motifs is 4. The number of aryl methyl sites for hydroxylation is 1. The van der Waals surface area contributed by atoms with Gasteiger partial charge < -0.3 is 19.7 Å². The molecule has 5 rings (SSSR count). The zero-order chi connectivity index (χ0) is 20.1. The standard InChI is InChI=1S/C22H18N4O3/c1-13-3-2-4-16-19(28)9-18-15(21(13)16)7-8-26(18)22(29)17-11-25-10-14(23-12-27)5-6-20(25)24-17/h2-6,9-12,28H,7-8H2,1H3,(H,23,27). The number of anilines is 2. The Labute approximate surface area is 166 Å². The van der Waals surface area contributed by atoms with E-state index in [0.29, 0.717) is 30.0 Å². The fourth-order valence-electron chi connectivity index (χ4n) is 4.14. The van der Waals surface area contributed by atoms with Crippen LogP contribution in [-0.2, 0) is 11.2 Å². The van der Waals surface area contributed by atoms with E-state index in [0.717, 1.165) is 34.0 Å². The van der Waals surface area contributed by atoms with E-state index in [2.05, 4.69) is 10.3 Å². The van der Waals surface area contributed by atoms with Crippen LogP contribution in [0.15, 0.2) is 48.8 Å². The zero-order valence-corrected chi connectivity index (χ0v) is 15.7. The van der Waals surface area contributed by atoms with Crippen molar-refractivity contribution in [2.45, 2.75) is 13.3 Å². The number of aromatic nitrogens is 2.